The minimum Gasteiger partial charge on any atom is -0.392 e. The van der Waals surface area contributed by atoms with Crippen LogP contribution >= 0.6 is 0 Å². The molecule has 1 aromatic rings. The molecule has 2 unspecified atom stereocenters. The quantitative estimate of drug-likeness (QED) is 0.796. The van der Waals surface area contributed by atoms with Gasteiger partial charge in [-0.05, 0) is 42.9 Å². The van der Waals surface area contributed by atoms with Gasteiger partial charge in [-0.25, -0.2) is 0 Å². The molecule has 80 valence electrons. The molecule has 2 heteroatoms. The first kappa shape index (κ1) is 9.22. The van der Waals surface area contributed by atoms with Crippen LogP contribution in [-0.4, -0.2) is 17.7 Å². The zero-order valence-electron chi connectivity index (χ0n) is 8.89. The Kier molecular flexibility index (Phi) is 2.17. The smallest absolute Gasteiger partial charge is 0.0681 e. The Bertz CT molecular complexity index is 346. The Morgan fingerprint density at radius 3 is 2.53 bits per heavy atom. The van der Waals surface area contributed by atoms with Gasteiger partial charge in [0.2, 0.25) is 0 Å². The average Bonchev–Trinajstić information content (AvgIpc) is 2.91. The molecule has 2 bridgehead atoms. The fourth-order valence-corrected chi connectivity index (χ4v) is 3.03. The molecule has 1 heterocycles. The Labute approximate surface area is 90.5 Å². The maximum atomic E-state index is 8.99. The van der Waals surface area contributed by atoms with Gasteiger partial charge in [-0.3, -0.25) is 0 Å². The first-order valence-electron chi connectivity index (χ1n) is 5.83. The van der Waals surface area contributed by atoms with Crippen LogP contribution < -0.4 is 4.90 Å². The van der Waals surface area contributed by atoms with Crippen molar-refractivity contribution in [2.45, 2.75) is 31.9 Å². The molecule has 0 spiro atoms. The minimum absolute atomic E-state index is 0.145. The molecule has 3 rings (SSSR count). The lowest BCUT2D eigenvalue weighted by atomic mass is 10.1. The fourth-order valence-electron chi connectivity index (χ4n) is 3.03. The van der Waals surface area contributed by atoms with E-state index in [9.17, 15) is 0 Å². The predicted molar refractivity (Wildman–Crippen MR) is 60.8 cm³/mol. The second-order valence-electron chi connectivity index (χ2n) is 4.81. The Balaban J connectivity index is 1.81. The number of hydrogen-bond donors (Lipinski definition) is 1. The van der Waals surface area contributed by atoms with Crippen LogP contribution in [0.1, 0.15) is 24.8 Å². The second-order valence-corrected chi connectivity index (χ2v) is 4.81. The summed E-state index contributed by atoms with van der Waals surface area (Å²) in [6, 6.07) is 9.14. The number of anilines is 1. The second kappa shape index (κ2) is 3.53. The lowest BCUT2D eigenvalue weighted by Crippen LogP contribution is -2.31. The lowest BCUT2D eigenvalue weighted by molar-refractivity contribution is 0.282. The fraction of sp³-hybridized carbons (Fsp3) is 0.538. The molecule has 0 radical (unpaired) electrons. The van der Waals surface area contributed by atoms with Gasteiger partial charge in [0, 0.05) is 18.3 Å². The zero-order chi connectivity index (χ0) is 10.3. The van der Waals surface area contributed by atoms with Crippen LogP contribution in [0.5, 0.6) is 0 Å². The maximum Gasteiger partial charge on any atom is 0.0681 e. The Morgan fingerprint density at radius 1 is 1.20 bits per heavy atom. The van der Waals surface area contributed by atoms with Crippen LogP contribution in [0.2, 0.25) is 0 Å². The number of benzene rings is 1. The highest BCUT2D eigenvalue weighted by Gasteiger charge is 2.37. The van der Waals surface area contributed by atoms with Crippen LogP contribution in [0, 0.1) is 5.92 Å². The van der Waals surface area contributed by atoms with E-state index in [4.69, 9.17) is 5.11 Å². The number of piperidine rings is 1. The van der Waals surface area contributed by atoms with Gasteiger partial charge in [-0.2, -0.15) is 0 Å². The highest BCUT2D eigenvalue weighted by atomic mass is 16.3. The number of aliphatic hydroxyl groups is 1. The van der Waals surface area contributed by atoms with E-state index in [-0.39, 0.29) is 6.61 Å². The van der Waals surface area contributed by atoms with Crippen molar-refractivity contribution in [3.8, 4) is 0 Å². The van der Waals surface area contributed by atoms with E-state index >= 15 is 0 Å². The van der Waals surface area contributed by atoms with Gasteiger partial charge in [0.05, 0.1) is 6.61 Å². The van der Waals surface area contributed by atoms with Gasteiger partial charge < -0.3 is 10.0 Å². The molecule has 15 heavy (non-hydrogen) atoms. The summed E-state index contributed by atoms with van der Waals surface area (Å²) in [5.41, 5.74) is 2.34. The van der Waals surface area contributed by atoms with Crippen molar-refractivity contribution in [1.29, 1.82) is 0 Å². The average molecular weight is 203 g/mol. The minimum atomic E-state index is 0.145. The van der Waals surface area contributed by atoms with E-state index in [1.807, 2.05) is 12.1 Å². The van der Waals surface area contributed by atoms with E-state index in [0.29, 0.717) is 0 Å². The van der Waals surface area contributed by atoms with Crippen LogP contribution in [0.15, 0.2) is 24.3 Å². The summed E-state index contributed by atoms with van der Waals surface area (Å²) in [7, 11) is 0. The first-order valence-corrected chi connectivity index (χ1v) is 5.83. The van der Waals surface area contributed by atoms with Gasteiger partial charge in [0.15, 0.2) is 0 Å². The number of hydrogen-bond acceptors (Lipinski definition) is 2. The normalized spacial score (nSPS) is 28.7. The molecule has 1 saturated heterocycles. The van der Waals surface area contributed by atoms with Gasteiger partial charge in [0.1, 0.15) is 0 Å². The summed E-state index contributed by atoms with van der Waals surface area (Å²) >= 11 is 0. The van der Waals surface area contributed by atoms with Crippen LogP contribution in [-0.2, 0) is 6.61 Å². The molecule has 1 saturated carbocycles. The molecule has 0 aromatic heterocycles. The van der Waals surface area contributed by atoms with Crippen LogP contribution in [0.3, 0.4) is 0 Å². The summed E-state index contributed by atoms with van der Waals surface area (Å²) in [5, 5.41) is 8.99. The van der Waals surface area contributed by atoms with Gasteiger partial charge in [-0.1, -0.05) is 12.1 Å². The van der Waals surface area contributed by atoms with Crippen LogP contribution in [0.25, 0.3) is 0 Å². The molecule has 1 N–H and O–H groups in total. The molecular weight excluding hydrogens is 186 g/mol. The summed E-state index contributed by atoms with van der Waals surface area (Å²) in [4.78, 5) is 2.54. The zero-order valence-corrected chi connectivity index (χ0v) is 8.89. The Hall–Kier alpha value is -1.02. The van der Waals surface area contributed by atoms with Crippen LogP contribution in [0.4, 0.5) is 5.69 Å². The third-order valence-corrected chi connectivity index (χ3v) is 3.86. The standard InChI is InChI=1S/C13H17NO/c15-9-10-1-4-12(5-2-10)14-8-11-3-6-13(14)7-11/h1-2,4-5,11,13,15H,3,6-9H2. The molecule has 2 aliphatic rings. The van der Waals surface area contributed by atoms with E-state index in [1.165, 1.54) is 31.5 Å². The van der Waals surface area contributed by atoms with Crippen molar-refractivity contribution in [2.75, 3.05) is 11.4 Å². The van der Waals surface area contributed by atoms with Crippen molar-refractivity contribution < 1.29 is 5.11 Å². The molecule has 2 atom stereocenters. The van der Waals surface area contributed by atoms with Gasteiger partial charge in [0.25, 0.3) is 0 Å². The topological polar surface area (TPSA) is 23.5 Å². The number of fused-ring (bicyclic) bond motifs is 2. The first-order chi connectivity index (χ1) is 7.36. The summed E-state index contributed by atoms with van der Waals surface area (Å²) in [5.74, 6) is 0.938. The van der Waals surface area contributed by atoms with E-state index < -0.39 is 0 Å². The van der Waals surface area contributed by atoms with E-state index in [2.05, 4.69) is 17.0 Å². The van der Waals surface area contributed by atoms with Crippen molar-refractivity contribution in [3.05, 3.63) is 29.8 Å². The molecule has 1 aliphatic carbocycles. The summed E-state index contributed by atoms with van der Waals surface area (Å²) in [6.45, 7) is 1.38. The third-order valence-electron chi connectivity index (χ3n) is 3.86. The van der Waals surface area contributed by atoms with Gasteiger partial charge >= 0.3 is 0 Å². The molecule has 0 amide bonds. The van der Waals surface area contributed by atoms with Gasteiger partial charge in [-0.15, -0.1) is 0 Å². The Morgan fingerprint density at radius 2 is 2.00 bits per heavy atom. The molecular formula is C13H17NO. The molecule has 1 aliphatic heterocycles. The molecule has 1 aromatic carbocycles. The monoisotopic (exact) mass is 203 g/mol. The summed E-state index contributed by atoms with van der Waals surface area (Å²) in [6.07, 6.45) is 4.18. The largest absolute Gasteiger partial charge is 0.392 e. The number of nitrogens with zero attached hydrogens (tertiary/aromatic N) is 1. The number of aliphatic hydroxyl groups excluding tert-OH is 1. The van der Waals surface area contributed by atoms with E-state index in [1.54, 1.807) is 0 Å². The molecule has 2 fully saturated rings. The highest BCUT2D eigenvalue weighted by Crippen LogP contribution is 2.40. The molecule has 2 nitrogen and oxygen atoms in total. The van der Waals surface area contributed by atoms with Crippen molar-refractivity contribution in [2.24, 2.45) is 5.92 Å². The lowest BCUT2D eigenvalue weighted by Gasteiger charge is -2.29. The number of rotatable bonds is 2. The highest BCUT2D eigenvalue weighted by molar-refractivity contribution is 5.50. The maximum absolute atomic E-state index is 8.99. The van der Waals surface area contributed by atoms with E-state index in [0.717, 1.165) is 17.5 Å². The summed E-state index contributed by atoms with van der Waals surface area (Å²) < 4.78 is 0. The SMILES string of the molecule is OCc1ccc(N2CC3CCC2C3)cc1. The van der Waals surface area contributed by atoms with Crippen molar-refractivity contribution in [3.63, 3.8) is 0 Å². The predicted octanol–water partition coefficient (Wildman–Crippen LogP) is 2.17. The van der Waals surface area contributed by atoms with Crippen molar-refractivity contribution >= 4 is 5.69 Å². The third kappa shape index (κ3) is 1.53. The van der Waals surface area contributed by atoms with Crippen molar-refractivity contribution in [1.82, 2.24) is 0 Å².